The summed E-state index contributed by atoms with van der Waals surface area (Å²) in [5.41, 5.74) is 0. The van der Waals surface area contributed by atoms with Crippen LogP contribution in [0.15, 0.2) is 4.36 Å². The van der Waals surface area contributed by atoms with E-state index < -0.39 is 9.73 Å². The molecule has 0 atom stereocenters. The molecule has 0 spiro atoms. The minimum absolute atomic E-state index is 0.539. The average molecular weight is 217 g/mol. The topological polar surface area (TPSA) is 29.4 Å². The van der Waals surface area contributed by atoms with Gasteiger partial charge in [-0.1, -0.05) is 27.2 Å². The molecule has 1 saturated heterocycles. The smallest absolute Gasteiger partial charge is 0.0507 e. The van der Waals surface area contributed by atoms with Crippen LogP contribution in [-0.2, 0) is 9.73 Å². The van der Waals surface area contributed by atoms with Gasteiger partial charge in [0.2, 0.25) is 0 Å². The zero-order chi connectivity index (χ0) is 10.6. The van der Waals surface area contributed by atoms with Crippen LogP contribution >= 0.6 is 0 Å². The van der Waals surface area contributed by atoms with E-state index in [2.05, 4.69) is 25.1 Å². The first-order valence-electron chi connectivity index (χ1n) is 5.74. The highest BCUT2D eigenvalue weighted by Gasteiger charge is 2.20. The molecule has 0 unspecified atom stereocenters. The van der Waals surface area contributed by atoms with Gasteiger partial charge in [0, 0.05) is 21.2 Å². The molecule has 14 heavy (non-hydrogen) atoms. The molecular weight excluding hydrogens is 194 g/mol. The van der Waals surface area contributed by atoms with Crippen molar-refractivity contribution in [3.05, 3.63) is 0 Å². The van der Waals surface area contributed by atoms with E-state index in [9.17, 15) is 4.21 Å². The van der Waals surface area contributed by atoms with Gasteiger partial charge in [0.15, 0.2) is 0 Å². The van der Waals surface area contributed by atoms with E-state index in [-0.39, 0.29) is 0 Å². The van der Waals surface area contributed by atoms with Gasteiger partial charge in [-0.05, 0) is 24.7 Å². The van der Waals surface area contributed by atoms with Crippen LogP contribution in [0.1, 0.15) is 40.0 Å². The Labute approximate surface area is 88.7 Å². The van der Waals surface area contributed by atoms with Crippen molar-refractivity contribution in [3.63, 3.8) is 0 Å². The Bertz CT molecular complexity index is 263. The molecule has 1 heterocycles. The molecular formula is C11H23NOS. The molecule has 0 aromatic rings. The van der Waals surface area contributed by atoms with Crippen LogP contribution < -0.4 is 0 Å². The van der Waals surface area contributed by atoms with Gasteiger partial charge < -0.3 is 0 Å². The highest BCUT2D eigenvalue weighted by Crippen LogP contribution is 2.23. The monoisotopic (exact) mass is 217 g/mol. The van der Waals surface area contributed by atoms with E-state index in [1.54, 1.807) is 0 Å². The molecule has 0 N–H and O–H groups in total. The third-order valence-electron chi connectivity index (χ3n) is 2.94. The lowest BCUT2D eigenvalue weighted by molar-refractivity contribution is 0.464. The van der Waals surface area contributed by atoms with Crippen molar-refractivity contribution < 1.29 is 4.21 Å². The zero-order valence-corrected chi connectivity index (χ0v) is 10.5. The first-order chi connectivity index (χ1) is 6.56. The normalized spacial score (nSPS) is 33.3. The van der Waals surface area contributed by atoms with Crippen LogP contribution in [-0.4, -0.2) is 22.3 Å². The molecule has 1 fully saturated rings. The molecule has 1 aliphatic rings. The zero-order valence-electron chi connectivity index (χ0n) is 9.66. The molecule has 2 nitrogen and oxygen atoms in total. The third kappa shape index (κ3) is 3.60. The molecule has 1 aliphatic heterocycles. The van der Waals surface area contributed by atoms with Gasteiger partial charge in [0.25, 0.3) is 0 Å². The molecule has 0 radical (unpaired) electrons. The second-order valence-electron chi connectivity index (χ2n) is 4.74. The van der Waals surface area contributed by atoms with Gasteiger partial charge in [-0.2, -0.15) is 0 Å². The van der Waals surface area contributed by atoms with E-state index in [4.69, 9.17) is 0 Å². The summed E-state index contributed by atoms with van der Waals surface area (Å²) in [7, 11) is -1.80. The summed E-state index contributed by atoms with van der Waals surface area (Å²) in [6.07, 6.45) is 3.48. The first-order valence-corrected chi connectivity index (χ1v) is 7.59. The van der Waals surface area contributed by atoms with Crippen LogP contribution in [0.4, 0.5) is 0 Å². The fraction of sp³-hybridized carbons (Fsp3) is 1.00. The summed E-state index contributed by atoms with van der Waals surface area (Å²) in [6, 6.07) is 0. The summed E-state index contributed by atoms with van der Waals surface area (Å²) < 4.78 is 16.6. The average Bonchev–Trinajstić information content (AvgIpc) is 2.16. The van der Waals surface area contributed by atoms with E-state index in [1.807, 2.05) is 0 Å². The molecule has 1 rings (SSSR count). The van der Waals surface area contributed by atoms with Crippen molar-refractivity contribution >= 4 is 9.73 Å². The Morgan fingerprint density at radius 1 is 1.36 bits per heavy atom. The Kier molecular flexibility index (Phi) is 4.42. The van der Waals surface area contributed by atoms with Crippen LogP contribution in [0.5, 0.6) is 0 Å². The largest absolute Gasteiger partial charge is 0.250 e. The maximum Gasteiger partial charge on any atom is 0.0507 e. The minimum Gasteiger partial charge on any atom is -0.250 e. The van der Waals surface area contributed by atoms with Crippen molar-refractivity contribution in [3.8, 4) is 0 Å². The summed E-state index contributed by atoms with van der Waals surface area (Å²) in [5, 5.41) is 0. The second-order valence-corrected chi connectivity index (χ2v) is 7.36. The Morgan fingerprint density at radius 2 is 1.93 bits per heavy atom. The standard InChI is InChI=1S/C11H23NOS/c1-4-11-5-7-14(13,8-6-11)12-9-10(2)3/h10-11H,4-9H2,1-3H3. The summed E-state index contributed by atoms with van der Waals surface area (Å²) in [6.45, 7) is 7.26. The van der Waals surface area contributed by atoms with Gasteiger partial charge in [-0.25, -0.2) is 8.57 Å². The highest BCUT2D eigenvalue weighted by atomic mass is 32.2. The number of hydrogen-bond acceptors (Lipinski definition) is 2. The Morgan fingerprint density at radius 3 is 2.36 bits per heavy atom. The van der Waals surface area contributed by atoms with Gasteiger partial charge >= 0.3 is 0 Å². The van der Waals surface area contributed by atoms with Gasteiger partial charge in [-0.3, -0.25) is 0 Å². The quantitative estimate of drug-likeness (QED) is 0.714. The SMILES string of the molecule is CCC1CCS(=O)(=NCC(C)C)CC1. The summed E-state index contributed by atoms with van der Waals surface area (Å²) in [4.78, 5) is 0. The molecule has 0 aromatic carbocycles. The van der Waals surface area contributed by atoms with Crippen molar-refractivity contribution in [1.82, 2.24) is 0 Å². The Balaban J connectivity index is 2.53. The predicted octanol–water partition coefficient (Wildman–Crippen LogP) is 2.93. The van der Waals surface area contributed by atoms with Gasteiger partial charge in [0.05, 0.1) is 6.54 Å². The molecule has 0 bridgehead atoms. The van der Waals surface area contributed by atoms with Crippen LogP contribution in [0.2, 0.25) is 0 Å². The number of hydrogen-bond donors (Lipinski definition) is 0. The van der Waals surface area contributed by atoms with Crippen LogP contribution in [0, 0.1) is 11.8 Å². The van der Waals surface area contributed by atoms with Crippen molar-refractivity contribution in [2.24, 2.45) is 16.2 Å². The van der Waals surface area contributed by atoms with Crippen LogP contribution in [0.25, 0.3) is 0 Å². The van der Waals surface area contributed by atoms with E-state index in [0.29, 0.717) is 5.92 Å². The lowest BCUT2D eigenvalue weighted by Crippen LogP contribution is -2.23. The maximum absolute atomic E-state index is 12.2. The van der Waals surface area contributed by atoms with E-state index in [0.717, 1.165) is 36.8 Å². The fourth-order valence-electron chi connectivity index (χ4n) is 1.77. The molecule has 0 aliphatic carbocycles. The first kappa shape index (κ1) is 12.0. The van der Waals surface area contributed by atoms with E-state index >= 15 is 0 Å². The fourth-order valence-corrected chi connectivity index (χ4v) is 4.21. The number of rotatable bonds is 3. The predicted molar refractivity (Wildman–Crippen MR) is 63.0 cm³/mol. The second kappa shape index (κ2) is 5.15. The lowest BCUT2D eigenvalue weighted by Gasteiger charge is -2.23. The van der Waals surface area contributed by atoms with Gasteiger partial charge in [0.1, 0.15) is 0 Å². The van der Waals surface area contributed by atoms with Crippen molar-refractivity contribution in [1.29, 1.82) is 0 Å². The van der Waals surface area contributed by atoms with Gasteiger partial charge in [-0.15, -0.1) is 0 Å². The lowest BCUT2D eigenvalue weighted by atomic mass is 10.0. The summed E-state index contributed by atoms with van der Waals surface area (Å²) in [5.74, 6) is 3.03. The molecule has 3 heteroatoms. The Hall–Kier alpha value is -0.0500. The van der Waals surface area contributed by atoms with E-state index in [1.165, 1.54) is 6.42 Å². The van der Waals surface area contributed by atoms with Crippen LogP contribution in [0.3, 0.4) is 0 Å². The molecule has 0 saturated carbocycles. The van der Waals surface area contributed by atoms with Crippen molar-refractivity contribution in [2.45, 2.75) is 40.0 Å². The molecule has 0 amide bonds. The third-order valence-corrected chi connectivity index (χ3v) is 5.31. The molecule has 0 aromatic heterocycles. The highest BCUT2D eigenvalue weighted by molar-refractivity contribution is 7.93. The maximum atomic E-state index is 12.2. The number of nitrogens with zero attached hydrogens (tertiary/aromatic N) is 1. The minimum atomic E-state index is -1.80. The summed E-state index contributed by atoms with van der Waals surface area (Å²) >= 11 is 0. The molecule has 84 valence electrons. The van der Waals surface area contributed by atoms with Crippen molar-refractivity contribution in [2.75, 3.05) is 18.1 Å².